The third-order valence-electron chi connectivity index (χ3n) is 3.23. The summed E-state index contributed by atoms with van der Waals surface area (Å²) in [6.45, 7) is 17.6. The first-order valence-corrected chi connectivity index (χ1v) is 7.71. The number of carbonyl (C=O) groups excluding carboxylic acids is 1. The number of amides is 1. The summed E-state index contributed by atoms with van der Waals surface area (Å²) in [6, 6.07) is 0. The molecule has 0 aromatic heterocycles. The van der Waals surface area contributed by atoms with Crippen LogP contribution in [0, 0.1) is 10.8 Å². The summed E-state index contributed by atoms with van der Waals surface area (Å²) in [6.07, 6.45) is 1.06. The molecule has 0 aromatic rings. The van der Waals surface area contributed by atoms with Gasteiger partial charge in [-0.05, 0) is 32.2 Å². The molecule has 0 aliphatic heterocycles. The second kappa shape index (κ2) is 8.63. The topological polar surface area (TPSA) is 50.4 Å². The minimum atomic E-state index is -0.364. The van der Waals surface area contributed by atoms with Crippen LogP contribution in [-0.2, 0) is 9.53 Å². The van der Waals surface area contributed by atoms with E-state index in [1.807, 2.05) is 27.7 Å². The van der Waals surface area contributed by atoms with E-state index in [-0.39, 0.29) is 22.8 Å². The van der Waals surface area contributed by atoms with Crippen LogP contribution in [0.1, 0.15) is 54.9 Å². The molecule has 4 nitrogen and oxygen atoms in total. The number of ether oxygens (including phenoxy) is 1. The van der Waals surface area contributed by atoms with Crippen LogP contribution in [0.4, 0.5) is 0 Å². The molecular weight excluding hydrogens is 252 g/mol. The minimum absolute atomic E-state index is 0.102. The van der Waals surface area contributed by atoms with Crippen molar-refractivity contribution >= 4 is 5.91 Å². The molecule has 120 valence electrons. The first-order valence-electron chi connectivity index (χ1n) is 7.71. The predicted octanol–water partition coefficient (Wildman–Crippen LogP) is 2.58. The van der Waals surface area contributed by atoms with Gasteiger partial charge in [-0.1, -0.05) is 34.6 Å². The van der Waals surface area contributed by atoms with Crippen molar-refractivity contribution in [2.75, 3.05) is 26.2 Å². The Morgan fingerprint density at radius 1 is 1.20 bits per heavy atom. The molecule has 0 bridgehead atoms. The van der Waals surface area contributed by atoms with Crippen LogP contribution in [0.3, 0.4) is 0 Å². The SMILES string of the molecule is CCNCC(C)(C)CC(C)(C)C(=O)NCCOC(C)C. The van der Waals surface area contributed by atoms with Crippen LogP contribution in [0.5, 0.6) is 0 Å². The zero-order chi connectivity index (χ0) is 15.8. The molecule has 0 fully saturated rings. The van der Waals surface area contributed by atoms with Crippen LogP contribution in [0.25, 0.3) is 0 Å². The lowest BCUT2D eigenvalue weighted by Crippen LogP contribution is -2.43. The fourth-order valence-electron chi connectivity index (χ4n) is 2.50. The summed E-state index contributed by atoms with van der Waals surface area (Å²) in [5.74, 6) is 0.106. The van der Waals surface area contributed by atoms with Crippen molar-refractivity contribution in [1.82, 2.24) is 10.6 Å². The zero-order valence-corrected chi connectivity index (χ0v) is 14.4. The summed E-state index contributed by atoms with van der Waals surface area (Å²) in [5.41, 5.74) is -0.262. The Hall–Kier alpha value is -0.610. The van der Waals surface area contributed by atoms with Crippen molar-refractivity contribution in [1.29, 1.82) is 0 Å². The fraction of sp³-hybridized carbons (Fsp3) is 0.938. The third kappa shape index (κ3) is 8.54. The van der Waals surface area contributed by atoms with Crippen LogP contribution in [-0.4, -0.2) is 38.3 Å². The van der Waals surface area contributed by atoms with Gasteiger partial charge in [0.1, 0.15) is 0 Å². The van der Waals surface area contributed by atoms with Crippen molar-refractivity contribution in [3.05, 3.63) is 0 Å². The van der Waals surface area contributed by atoms with Gasteiger partial charge in [0.25, 0.3) is 0 Å². The summed E-state index contributed by atoms with van der Waals surface area (Å²) in [4.78, 5) is 12.3. The van der Waals surface area contributed by atoms with Crippen LogP contribution < -0.4 is 10.6 Å². The molecule has 0 saturated carbocycles. The van der Waals surface area contributed by atoms with Gasteiger partial charge in [0.05, 0.1) is 12.7 Å². The molecule has 2 N–H and O–H groups in total. The molecule has 4 heteroatoms. The molecule has 0 aromatic carbocycles. The number of hydrogen-bond donors (Lipinski definition) is 2. The molecule has 0 rings (SSSR count). The van der Waals surface area contributed by atoms with E-state index >= 15 is 0 Å². The van der Waals surface area contributed by atoms with Crippen LogP contribution in [0.2, 0.25) is 0 Å². The van der Waals surface area contributed by atoms with Gasteiger partial charge in [-0.15, -0.1) is 0 Å². The predicted molar refractivity (Wildman–Crippen MR) is 84.8 cm³/mol. The Morgan fingerprint density at radius 2 is 1.80 bits per heavy atom. The molecule has 0 saturated heterocycles. The first-order chi connectivity index (χ1) is 9.10. The maximum absolute atomic E-state index is 12.3. The Labute approximate surface area is 125 Å². The quantitative estimate of drug-likeness (QED) is 0.607. The van der Waals surface area contributed by atoms with Gasteiger partial charge in [0.15, 0.2) is 0 Å². The monoisotopic (exact) mass is 286 g/mol. The van der Waals surface area contributed by atoms with E-state index in [2.05, 4.69) is 31.4 Å². The molecule has 1 amide bonds. The van der Waals surface area contributed by atoms with E-state index in [0.717, 1.165) is 19.5 Å². The average Bonchev–Trinajstić information content (AvgIpc) is 2.30. The summed E-state index contributed by atoms with van der Waals surface area (Å²) < 4.78 is 5.43. The Morgan fingerprint density at radius 3 is 2.30 bits per heavy atom. The van der Waals surface area contributed by atoms with Crippen LogP contribution in [0.15, 0.2) is 0 Å². The van der Waals surface area contributed by atoms with Gasteiger partial charge in [-0.25, -0.2) is 0 Å². The highest BCUT2D eigenvalue weighted by molar-refractivity contribution is 5.81. The molecular formula is C16H34N2O2. The number of rotatable bonds is 10. The molecule has 0 radical (unpaired) electrons. The first kappa shape index (κ1) is 19.4. The van der Waals surface area contributed by atoms with E-state index in [4.69, 9.17) is 4.74 Å². The Balaban J connectivity index is 4.22. The largest absolute Gasteiger partial charge is 0.377 e. The van der Waals surface area contributed by atoms with E-state index < -0.39 is 0 Å². The lowest BCUT2D eigenvalue weighted by Gasteiger charge is -2.34. The number of hydrogen-bond acceptors (Lipinski definition) is 3. The Bertz CT molecular complexity index is 286. The van der Waals surface area contributed by atoms with Crippen LogP contribution >= 0.6 is 0 Å². The highest BCUT2D eigenvalue weighted by atomic mass is 16.5. The molecule has 0 aliphatic rings. The molecule has 0 spiro atoms. The lowest BCUT2D eigenvalue weighted by atomic mass is 9.74. The van der Waals surface area contributed by atoms with Gasteiger partial charge in [0, 0.05) is 18.5 Å². The smallest absolute Gasteiger partial charge is 0.225 e. The summed E-state index contributed by atoms with van der Waals surface area (Å²) >= 11 is 0. The van der Waals surface area contributed by atoms with Gasteiger partial charge >= 0.3 is 0 Å². The molecule has 0 unspecified atom stereocenters. The maximum Gasteiger partial charge on any atom is 0.225 e. The standard InChI is InChI=1S/C16H34N2O2/c1-8-17-12-15(4,5)11-16(6,7)14(19)18-9-10-20-13(2)3/h13,17H,8-12H2,1-7H3,(H,18,19). The van der Waals surface area contributed by atoms with Crippen molar-refractivity contribution < 1.29 is 9.53 Å². The number of nitrogens with one attached hydrogen (secondary N) is 2. The Kier molecular flexibility index (Phi) is 8.36. The van der Waals surface area contributed by atoms with E-state index in [1.165, 1.54) is 0 Å². The van der Waals surface area contributed by atoms with Gasteiger partial charge < -0.3 is 15.4 Å². The second-order valence-corrected chi connectivity index (χ2v) is 7.18. The highest BCUT2D eigenvalue weighted by Crippen LogP contribution is 2.33. The van der Waals surface area contributed by atoms with Crippen molar-refractivity contribution in [2.45, 2.75) is 61.0 Å². The van der Waals surface area contributed by atoms with Gasteiger partial charge in [-0.3, -0.25) is 4.79 Å². The van der Waals surface area contributed by atoms with Crippen molar-refractivity contribution in [3.63, 3.8) is 0 Å². The molecule has 0 aliphatic carbocycles. The summed E-state index contributed by atoms with van der Waals surface area (Å²) in [7, 11) is 0. The molecule has 20 heavy (non-hydrogen) atoms. The summed E-state index contributed by atoms with van der Waals surface area (Å²) in [5, 5.41) is 6.34. The van der Waals surface area contributed by atoms with E-state index in [9.17, 15) is 4.79 Å². The third-order valence-corrected chi connectivity index (χ3v) is 3.23. The second-order valence-electron chi connectivity index (χ2n) is 7.18. The lowest BCUT2D eigenvalue weighted by molar-refractivity contribution is -0.131. The van der Waals surface area contributed by atoms with E-state index in [1.54, 1.807) is 0 Å². The average molecular weight is 286 g/mol. The molecule has 0 heterocycles. The maximum atomic E-state index is 12.3. The fourth-order valence-corrected chi connectivity index (χ4v) is 2.50. The van der Waals surface area contributed by atoms with Gasteiger partial charge in [-0.2, -0.15) is 0 Å². The molecule has 0 atom stereocenters. The minimum Gasteiger partial charge on any atom is -0.377 e. The zero-order valence-electron chi connectivity index (χ0n) is 14.4. The normalized spacial score (nSPS) is 12.8. The number of carbonyl (C=O) groups is 1. The van der Waals surface area contributed by atoms with E-state index in [0.29, 0.717) is 13.2 Å². The van der Waals surface area contributed by atoms with Crippen molar-refractivity contribution in [2.24, 2.45) is 10.8 Å². The van der Waals surface area contributed by atoms with Crippen molar-refractivity contribution in [3.8, 4) is 0 Å². The van der Waals surface area contributed by atoms with Gasteiger partial charge in [0.2, 0.25) is 5.91 Å². The highest BCUT2D eigenvalue weighted by Gasteiger charge is 2.34.